The SMILES string of the molecule is COC(=O)C1CCC(CN)CC1.[Cl-].[H+]. The maximum Gasteiger partial charge on any atom is 1.00 e. The molecule has 78 valence electrons. The van der Waals surface area contributed by atoms with Gasteiger partial charge in [-0.3, -0.25) is 4.79 Å². The third-order valence-electron chi connectivity index (χ3n) is 2.71. The van der Waals surface area contributed by atoms with Crippen LogP contribution in [0.4, 0.5) is 0 Å². The molecule has 0 bridgehead atoms. The zero-order valence-electron chi connectivity index (χ0n) is 8.96. The highest BCUT2D eigenvalue weighted by Crippen LogP contribution is 2.28. The fourth-order valence-electron chi connectivity index (χ4n) is 1.80. The summed E-state index contributed by atoms with van der Waals surface area (Å²) < 4.78 is 4.69. The first-order valence-corrected chi connectivity index (χ1v) is 4.55. The predicted octanol–water partition coefficient (Wildman–Crippen LogP) is -1.96. The zero-order chi connectivity index (χ0) is 8.97. The van der Waals surface area contributed by atoms with Crippen LogP contribution < -0.4 is 18.1 Å². The Balaban J connectivity index is 0. The first-order valence-electron chi connectivity index (χ1n) is 4.55. The van der Waals surface area contributed by atoms with E-state index in [1.807, 2.05) is 0 Å². The van der Waals surface area contributed by atoms with Crippen molar-refractivity contribution in [2.75, 3.05) is 13.7 Å². The van der Waals surface area contributed by atoms with E-state index in [4.69, 9.17) is 5.73 Å². The van der Waals surface area contributed by atoms with Gasteiger partial charge in [-0.2, -0.15) is 0 Å². The van der Waals surface area contributed by atoms with Crippen molar-refractivity contribution in [2.24, 2.45) is 17.6 Å². The van der Waals surface area contributed by atoms with Gasteiger partial charge in [0.25, 0.3) is 0 Å². The molecule has 0 heterocycles. The molecule has 0 saturated heterocycles. The Morgan fingerprint density at radius 1 is 1.46 bits per heavy atom. The van der Waals surface area contributed by atoms with Crippen molar-refractivity contribution < 1.29 is 23.4 Å². The fraction of sp³-hybridized carbons (Fsp3) is 0.889. The van der Waals surface area contributed by atoms with Crippen LogP contribution in [-0.2, 0) is 9.53 Å². The smallest absolute Gasteiger partial charge is 1.00 e. The number of carbonyl (C=O) groups excluding carboxylic acids is 1. The minimum Gasteiger partial charge on any atom is -1.00 e. The lowest BCUT2D eigenvalue weighted by molar-refractivity contribution is -0.146. The lowest BCUT2D eigenvalue weighted by atomic mass is 9.82. The largest absolute Gasteiger partial charge is 1.00 e. The van der Waals surface area contributed by atoms with Crippen molar-refractivity contribution in [1.29, 1.82) is 0 Å². The summed E-state index contributed by atoms with van der Waals surface area (Å²) >= 11 is 0. The highest BCUT2D eigenvalue weighted by molar-refractivity contribution is 5.72. The third kappa shape index (κ3) is 3.53. The topological polar surface area (TPSA) is 52.3 Å². The van der Waals surface area contributed by atoms with Gasteiger partial charge in [-0.25, -0.2) is 0 Å². The zero-order valence-corrected chi connectivity index (χ0v) is 8.72. The minimum atomic E-state index is -0.0505. The Morgan fingerprint density at radius 3 is 2.38 bits per heavy atom. The molecule has 0 amide bonds. The average Bonchev–Trinajstić information content (AvgIpc) is 2.17. The van der Waals surface area contributed by atoms with Gasteiger partial charge in [0.1, 0.15) is 0 Å². The van der Waals surface area contributed by atoms with E-state index in [0.717, 1.165) is 32.2 Å². The molecule has 1 fully saturated rings. The Hall–Kier alpha value is -0.280. The van der Waals surface area contributed by atoms with Crippen molar-refractivity contribution in [2.45, 2.75) is 25.7 Å². The van der Waals surface area contributed by atoms with Gasteiger partial charge in [0, 0.05) is 0 Å². The maximum atomic E-state index is 11.1. The van der Waals surface area contributed by atoms with Crippen LogP contribution in [0.15, 0.2) is 0 Å². The number of nitrogens with two attached hydrogens (primary N) is 1. The first-order chi connectivity index (χ1) is 5.77. The highest BCUT2D eigenvalue weighted by atomic mass is 35.5. The third-order valence-corrected chi connectivity index (χ3v) is 2.71. The van der Waals surface area contributed by atoms with E-state index in [-0.39, 0.29) is 25.7 Å². The van der Waals surface area contributed by atoms with Crippen molar-refractivity contribution in [3.8, 4) is 0 Å². The maximum absolute atomic E-state index is 11.1. The summed E-state index contributed by atoms with van der Waals surface area (Å²) in [5.74, 6) is 0.717. The predicted molar refractivity (Wildman–Crippen MR) is 47.6 cm³/mol. The Bertz CT molecular complexity index is 161. The number of ether oxygens (including phenoxy) is 1. The molecule has 1 aliphatic rings. The second-order valence-corrected chi connectivity index (χ2v) is 3.48. The van der Waals surface area contributed by atoms with Gasteiger partial charge in [0.15, 0.2) is 0 Å². The van der Waals surface area contributed by atoms with Gasteiger partial charge < -0.3 is 22.9 Å². The van der Waals surface area contributed by atoms with Gasteiger partial charge >= 0.3 is 7.40 Å². The number of rotatable bonds is 2. The molecule has 0 aromatic heterocycles. The first kappa shape index (κ1) is 12.7. The molecule has 0 aliphatic heterocycles. The van der Waals surface area contributed by atoms with Crippen LogP contribution in [0.2, 0.25) is 0 Å². The molecule has 0 unspecified atom stereocenters. The molecule has 13 heavy (non-hydrogen) atoms. The van der Waals surface area contributed by atoms with Crippen LogP contribution in [-0.4, -0.2) is 19.6 Å². The van der Waals surface area contributed by atoms with E-state index in [1.54, 1.807) is 0 Å². The van der Waals surface area contributed by atoms with Crippen LogP contribution in [0.5, 0.6) is 0 Å². The molecule has 2 N–H and O–H groups in total. The van der Waals surface area contributed by atoms with Crippen LogP contribution in [0, 0.1) is 11.8 Å². The average molecular weight is 208 g/mol. The van der Waals surface area contributed by atoms with Gasteiger partial charge in [0.05, 0.1) is 13.0 Å². The molecular weight excluding hydrogens is 190 g/mol. The number of hydrogen-bond acceptors (Lipinski definition) is 3. The summed E-state index contributed by atoms with van der Waals surface area (Å²) in [7, 11) is 1.46. The summed E-state index contributed by atoms with van der Waals surface area (Å²) in [6.07, 6.45) is 4.07. The molecule has 0 spiro atoms. The number of halogens is 1. The Labute approximate surface area is 86.9 Å². The van der Waals surface area contributed by atoms with E-state index < -0.39 is 0 Å². The van der Waals surface area contributed by atoms with Crippen molar-refractivity contribution in [3.63, 3.8) is 0 Å². The van der Waals surface area contributed by atoms with E-state index >= 15 is 0 Å². The minimum absolute atomic E-state index is 0. The van der Waals surface area contributed by atoms with Crippen LogP contribution in [0.1, 0.15) is 27.1 Å². The molecule has 3 nitrogen and oxygen atoms in total. The van der Waals surface area contributed by atoms with Gasteiger partial charge in [0.2, 0.25) is 0 Å². The van der Waals surface area contributed by atoms with E-state index in [2.05, 4.69) is 4.74 Å². The van der Waals surface area contributed by atoms with Gasteiger partial charge in [-0.15, -0.1) is 0 Å². The van der Waals surface area contributed by atoms with Crippen LogP contribution in [0.3, 0.4) is 0 Å². The van der Waals surface area contributed by atoms with Crippen LogP contribution in [0.25, 0.3) is 0 Å². The second-order valence-electron chi connectivity index (χ2n) is 3.48. The Kier molecular flexibility index (Phi) is 6.08. The summed E-state index contributed by atoms with van der Waals surface area (Å²) in [6.45, 7) is 0.758. The molecule has 0 radical (unpaired) electrons. The molecule has 0 aromatic rings. The van der Waals surface area contributed by atoms with Crippen LogP contribution >= 0.6 is 0 Å². The monoisotopic (exact) mass is 207 g/mol. The summed E-state index contributed by atoms with van der Waals surface area (Å²) in [6, 6.07) is 0. The van der Waals surface area contributed by atoms with Gasteiger partial charge in [-0.05, 0) is 38.1 Å². The van der Waals surface area contributed by atoms with E-state index in [0.29, 0.717) is 5.92 Å². The van der Waals surface area contributed by atoms with Crippen molar-refractivity contribution >= 4 is 5.97 Å². The summed E-state index contributed by atoms with van der Waals surface area (Å²) in [5.41, 5.74) is 5.54. The quantitative estimate of drug-likeness (QED) is 0.536. The summed E-state index contributed by atoms with van der Waals surface area (Å²) in [5, 5.41) is 0. The standard InChI is InChI=1S/C9H17NO2.ClH/c1-12-9(11)8-4-2-7(6-10)3-5-8;/h7-8H,2-6,10H2,1H3;1H. The number of hydrogen-bond donors (Lipinski definition) is 1. The Morgan fingerprint density at radius 2 is 2.00 bits per heavy atom. The molecule has 1 aliphatic carbocycles. The molecule has 0 atom stereocenters. The van der Waals surface area contributed by atoms with E-state index in [9.17, 15) is 4.79 Å². The highest BCUT2D eigenvalue weighted by Gasteiger charge is 2.25. The molecular formula is C9H18ClNO2. The fourth-order valence-corrected chi connectivity index (χ4v) is 1.80. The lowest BCUT2D eigenvalue weighted by Gasteiger charge is -2.25. The van der Waals surface area contributed by atoms with Crippen molar-refractivity contribution in [1.82, 2.24) is 0 Å². The molecule has 1 saturated carbocycles. The second kappa shape index (κ2) is 6.22. The molecule has 4 heteroatoms. The van der Waals surface area contributed by atoms with Crippen molar-refractivity contribution in [3.05, 3.63) is 0 Å². The lowest BCUT2D eigenvalue weighted by Crippen LogP contribution is -3.00. The van der Waals surface area contributed by atoms with E-state index in [1.165, 1.54) is 7.11 Å². The molecule has 1 rings (SSSR count). The summed E-state index contributed by atoms with van der Waals surface area (Å²) in [4.78, 5) is 11.1. The number of methoxy groups -OCH3 is 1. The number of esters is 1. The van der Waals surface area contributed by atoms with Gasteiger partial charge in [-0.1, -0.05) is 0 Å². The normalized spacial score (nSPS) is 27.5. The molecule has 0 aromatic carbocycles. The number of carbonyl (C=O) groups is 1.